The molecule has 0 aromatic heterocycles. The molecule has 5 heteroatoms. The van der Waals surface area contributed by atoms with Gasteiger partial charge < -0.3 is 16.2 Å². The Morgan fingerprint density at radius 2 is 1.88 bits per heavy atom. The van der Waals surface area contributed by atoms with E-state index in [2.05, 4.69) is 5.32 Å². The molecule has 0 saturated heterocycles. The predicted octanol–water partition coefficient (Wildman–Crippen LogP) is 0.587. The van der Waals surface area contributed by atoms with Crippen LogP contribution in [-0.2, 0) is 9.59 Å². The number of hydrogen-bond acceptors (Lipinski definition) is 3. The molecule has 0 rings (SSSR count). The van der Waals surface area contributed by atoms with Crippen LogP contribution >= 0.6 is 0 Å². The molecule has 0 radical (unpaired) electrons. The highest BCUT2D eigenvalue weighted by atomic mass is 16.4. The van der Waals surface area contributed by atoms with Gasteiger partial charge in [-0.1, -0.05) is 13.8 Å². The van der Waals surface area contributed by atoms with Gasteiger partial charge in [0.25, 0.3) is 0 Å². The number of hydrogen-bond donors (Lipinski definition) is 3. The molecule has 1 amide bonds. The zero-order valence-electron chi connectivity index (χ0n) is 10.4. The quantitative estimate of drug-likeness (QED) is 0.622. The molecule has 0 aliphatic rings. The van der Waals surface area contributed by atoms with E-state index in [-0.39, 0.29) is 12.5 Å². The van der Waals surface area contributed by atoms with Crippen molar-refractivity contribution in [1.82, 2.24) is 5.32 Å². The molecule has 0 aliphatic heterocycles. The number of nitrogens with one attached hydrogen (secondary N) is 1. The van der Waals surface area contributed by atoms with Gasteiger partial charge in [0, 0.05) is 6.54 Å². The summed E-state index contributed by atoms with van der Waals surface area (Å²) in [6.07, 6.45) is 0.597. The van der Waals surface area contributed by atoms with Gasteiger partial charge in [0.15, 0.2) is 0 Å². The fraction of sp³-hybridized carbons (Fsp3) is 0.818. The lowest BCUT2D eigenvalue weighted by molar-refractivity contribution is -0.146. The first-order valence-electron chi connectivity index (χ1n) is 5.43. The number of carbonyl (C=O) groups is 2. The number of aliphatic carboxylic acids is 1. The Balaban J connectivity index is 4.12. The van der Waals surface area contributed by atoms with Crippen LogP contribution < -0.4 is 11.1 Å². The molecule has 0 spiro atoms. The Labute approximate surface area is 96.4 Å². The smallest absolute Gasteiger partial charge is 0.310 e. The Morgan fingerprint density at radius 3 is 2.25 bits per heavy atom. The van der Waals surface area contributed by atoms with Gasteiger partial charge in [-0.15, -0.1) is 0 Å². The minimum atomic E-state index is -0.965. The molecule has 4 N–H and O–H groups in total. The van der Waals surface area contributed by atoms with E-state index in [1.54, 1.807) is 13.8 Å². The molecular weight excluding hydrogens is 208 g/mol. The average Bonchev–Trinajstić information content (AvgIpc) is 2.12. The summed E-state index contributed by atoms with van der Waals surface area (Å²) in [7, 11) is 0. The van der Waals surface area contributed by atoms with E-state index in [9.17, 15) is 9.59 Å². The van der Waals surface area contributed by atoms with Crippen LogP contribution in [0.5, 0.6) is 0 Å². The van der Waals surface area contributed by atoms with Crippen LogP contribution in [-0.4, -0.2) is 29.6 Å². The minimum Gasteiger partial charge on any atom is -0.481 e. The normalized spacial score (nSPS) is 13.6. The number of amides is 1. The van der Waals surface area contributed by atoms with Gasteiger partial charge in [-0.3, -0.25) is 9.59 Å². The maximum atomic E-state index is 11.5. The number of rotatable bonds is 6. The first-order valence-corrected chi connectivity index (χ1v) is 5.43. The largest absolute Gasteiger partial charge is 0.481 e. The van der Waals surface area contributed by atoms with Gasteiger partial charge in [0.2, 0.25) is 5.91 Å². The second kappa shape index (κ2) is 5.84. The van der Waals surface area contributed by atoms with E-state index in [0.717, 1.165) is 0 Å². The summed E-state index contributed by atoms with van der Waals surface area (Å²) in [5, 5.41) is 11.4. The molecule has 0 fully saturated rings. The van der Waals surface area contributed by atoms with Crippen LogP contribution in [0.3, 0.4) is 0 Å². The van der Waals surface area contributed by atoms with Crippen molar-refractivity contribution in [3.63, 3.8) is 0 Å². The predicted molar refractivity (Wildman–Crippen MR) is 61.9 cm³/mol. The summed E-state index contributed by atoms with van der Waals surface area (Å²) in [4.78, 5) is 22.3. The van der Waals surface area contributed by atoms with Crippen molar-refractivity contribution in [3.05, 3.63) is 0 Å². The maximum Gasteiger partial charge on any atom is 0.310 e. The molecule has 5 nitrogen and oxygen atoms in total. The van der Waals surface area contributed by atoms with Crippen molar-refractivity contribution in [2.75, 3.05) is 6.54 Å². The summed E-state index contributed by atoms with van der Waals surface area (Å²) in [5.41, 5.74) is 4.70. The number of carboxylic acids is 1. The van der Waals surface area contributed by atoms with Crippen LogP contribution in [0.15, 0.2) is 0 Å². The van der Waals surface area contributed by atoms with Crippen molar-refractivity contribution in [1.29, 1.82) is 0 Å². The van der Waals surface area contributed by atoms with Gasteiger partial charge in [0.05, 0.1) is 11.5 Å². The summed E-state index contributed by atoms with van der Waals surface area (Å²) >= 11 is 0. The fourth-order valence-corrected chi connectivity index (χ4v) is 1.13. The Bertz CT molecular complexity index is 262. The zero-order chi connectivity index (χ0) is 12.9. The SMILES string of the molecule is CC(C)C[C@H](N)C(=O)NCC(C)(C)C(=O)O. The van der Waals surface area contributed by atoms with Gasteiger partial charge in [-0.2, -0.15) is 0 Å². The van der Waals surface area contributed by atoms with Gasteiger partial charge in [0.1, 0.15) is 0 Å². The number of carboxylic acid groups (broad SMARTS) is 1. The number of nitrogens with two attached hydrogens (primary N) is 1. The van der Waals surface area contributed by atoms with Crippen molar-refractivity contribution in [2.24, 2.45) is 17.1 Å². The summed E-state index contributed by atoms with van der Waals surface area (Å²) in [6, 6.07) is -0.565. The van der Waals surface area contributed by atoms with E-state index < -0.39 is 17.4 Å². The van der Waals surface area contributed by atoms with Crippen molar-refractivity contribution in [3.8, 4) is 0 Å². The van der Waals surface area contributed by atoms with Gasteiger partial charge in [-0.25, -0.2) is 0 Å². The lowest BCUT2D eigenvalue weighted by Crippen LogP contribution is -2.46. The first-order chi connectivity index (χ1) is 7.16. The van der Waals surface area contributed by atoms with E-state index in [1.165, 1.54) is 0 Å². The third kappa shape index (κ3) is 5.11. The topological polar surface area (TPSA) is 92.4 Å². The van der Waals surface area contributed by atoms with Crippen molar-refractivity contribution >= 4 is 11.9 Å². The molecule has 0 aromatic carbocycles. The average molecular weight is 230 g/mol. The third-order valence-electron chi connectivity index (χ3n) is 2.35. The Morgan fingerprint density at radius 1 is 1.38 bits per heavy atom. The first kappa shape index (κ1) is 14.9. The van der Waals surface area contributed by atoms with Crippen LogP contribution in [0.25, 0.3) is 0 Å². The highest BCUT2D eigenvalue weighted by molar-refractivity contribution is 5.82. The van der Waals surface area contributed by atoms with E-state index in [1.807, 2.05) is 13.8 Å². The van der Waals surface area contributed by atoms with Crippen LogP contribution in [0.4, 0.5) is 0 Å². The Hall–Kier alpha value is -1.10. The maximum absolute atomic E-state index is 11.5. The monoisotopic (exact) mass is 230 g/mol. The standard InChI is InChI=1S/C11H22N2O3/c1-7(2)5-8(12)9(14)13-6-11(3,4)10(15)16/h7-8H,5-6,12H2,1-4H3,(H,13,14)(H,15,16)/t8-/m0/s1. The fourth-order valence-electron chi connectivity index (χ4n) is 1.13. The molecule has 0 heterocycles. The van der Waals surface area contributed by atoms with Gasteiger partial charge in [-0.05, 0) is 26.2 Å². The summed E-state index contributed by atoms with van der Waals surface area (Å²) in [5.74, 6) is -0.888. The van der Waals surface area contributed by atoms with Crippen molar-refractivity contribution < 1.29 is 14.7 Å². The molecule has 0 bridgehead atoms. The second-order valence-electron chi connectivity index (χ2n) is 5.14. The summed E-state index contributed by atoms with van der Waals surface area (Å²) < 4.78 is 0. The van der Waals surface area contributed by atoms with Crippen LogP contribution in [0.2, 0.25) is 0 Å². The molecule has 94 valence electrons. The van der Waals surface area contributed by atoms with E-state index in [4.69, 9.17) is 10.8 Å². The highest BCUT2D eigenvalue weighted by Gasteiger charge is 2.28. The Kier molecular flexibility index (Phi) is 5.44. The molecule has 0 unspecified atom stereocenters. The molecule has 0 aliphatic carbocycles. The van der Waals surface area contributed by atoms with E-state index >= 15 is 0 Å². The van der Waals surface area contributed by atoms with Crippen LogP contribution in [0, 0.1) is 11.3 Å². The molecule has 1 atom stereocenters. The van der Waals surface area contributed by atoms with Crippen molar-refractivity contribution in [2.45, 2.75) is 40.2 Å². The third-order valence-corrected chi connectivity index (χ3v) is 2.35. The summed E-state index contributed by atoms with van der Waals surface area (Å²) in [6.45, 7) is 7.17. The zero-order valence-corrected chi connectivity index (χ0v) is 10.4. The second-order valence-corrected chi connectivity index (χ2v) is 5.14. The molecule has 0 saturated carbocycles. The van der Waals surface area contributed by atoms with E-state index in [0.29, 0.717) is 12.3 Å². The molecular formula is C11H22N2O3. The molecule has 16 heavy (non-hydrogen) atoms. The lowest BCUT2D eigenvalue weighted by atomic mass is 9.93. The van der Waals surface area contributed by atoms with Crippen LogP contribution in [0.1, 0.15) is 34.1 Å². The number of carbonyl (C=O) groups excluding carboxylic acids is 1. The van der Waals surface area contributed by atoms with Gasteiger partial charge >= 0.3 is 5.97 Å². The highest BCUT2D eigenvalue weighted by Crippen LogP contribution is 2.13. The minimum absolute atomic E-state index is 0.0902. The molecule has 0 aromatic rings. The lowest BCUT2D eigenvalue weighted by Gasteiger charge is -2.21.